The molecule has 1 aromatic heterocycles. The lowest BCUT2D eigenvalue weighted by molar-refractivity contribution is -0.140. The monoisotopic (exact) mass is 572 g/mol. The minimum atomic E-state index is -0.458. The summed E-state index contributed by atoms with van der Waals surface area (Å²) in [7, 11) is 0. The third-order valence-electron chi connectivity index (χ3n) is 8.28. The van der Waals surface area contributed by atoms with Crippen LogP contribution in [0, 0.1) is 5.92 Å². The second-order valence-electron chi connectivity index (χ2n) is 11.0. The number of carbonyl (C=O) groups excluding carboxylic acids is 2. The summed E-state index contributed by atoms with van der Waals surface area (Å²) in [6, 6.07) is 15.5. The SMILES string of the molecule is O=C(Cn1cccnc1=O)N1CCCOc2cccc(c2)C2c3ccc(cc3CCN2C(=O)C2CCOCC2)OCC1. The number of aromatic nitrogens is 2. The summed E-state index contributed by atoms with van der Waals surface area (Å²) in [5, 5.41) is 0. The molecule has 0 radical (unpaired) electrons. The van der Waals surface area contributed by atoms with E-state index in [4.69, 9.17) is 14.2 Å². The molecule has 1 saturated heterocycles. The van der Waals surface area contributed by atoms with Gasteiger partial charge in [-0.15, -0.1) is 0 Å². The summed E-state index contributed by atoms with van der Waals surface area (Å²) in [5.74, 6) is 1.44. The molecule has 0 N–H and O–H groups in total. The van der Waals surface area contributed by atoms with Gasteiger partial charge in [-0.1, -0.05) is 18.2 Å². The summed E-state index contributed by atoms with van der Waals surface area (Å²) >= 11 is 0. The van der Waals surface area contributed by atoms with Crippen molar-refractivity contribution in [3.8, 4) is 11.5 Å². The highest BCUT2D eigenvalue weighted by Crippen LogP contribution is 2.39. The maximum absolute atomic E-state index is 13.8. The first kappa shape index (κ1) is 28.0. The van der Waals surface area contributed by atoms with E-state index in [1.165, 1.54) is 10.8 Å². The van der Waals surface area contributed by atoms with Crippen LogP contribution in [-0.4, -0.2) is 77.2 Å². The lowest BCUT2D eigenvalue weighted by Gasteiger charge is -2.40. The summed E-state index contributed by atoms with van der Waals surface area (Å²) in [4.78, 5) is 46.5. The molecule has 10 heteroatoms. The van der Waals surface area contributed by atoms with Crippen LogP contribution in [0.1, 0.15) is 42.0 Å². The van der Waals surface area contributed by atoms with Gasteiger partial charge in [0.1, 0.15) is 24.7 Å². The Morgan fingerprint density at radius 1 is 0.905 bits per heavy atom. The zero-order chi connectivity index (χ0) is 28.9. The molecule has 42 heavy (non-hydrogen) atoms. The van der Waals surface area contributed by atoms with E-state index < -0.39 is 5.69 Å². The lowest BCUT2D eigenvalue weighted by Crippen LogP contribution is -2.44. The molecular weight excluding hydrogens is 536 g/mol. The van der Waals surface area contributed by atoms with Crippen LogP contribution in [0.5, 0.6) is 11.5 Å². The zero-order valence-corrected chi connectivity index (χ0v) is 23.7. The normalized spacial score (nSPS) is 19.6. The number of hydrogen-bond donors (Lipinski definition) is 0. The summed E-state index contributed by atoms with van der Waals surface area (Å²) in [5.41, 5.74) is 2.79. The molecule has 1 fully saturated rings. The standard InChI is InChI=1S/C32H36N4O6/c37-29(22-35-12-2-11-33-32(35)39)34-13-3-16-41-26-5-1-4-25(21-26)30-28-7-6-27(42-19-15-34)20-24(28)8-14-36(30)31(38)23-9-17-40-18-10-23/h1-2,4-7,11-12,20-21,23,30H,3,8-10,13-19,22H2. The van der Waals surface area contributed by atoms with Gasteiger partial charge in [0.2, 0.25) is 11.8 Å². The largest absolute Gasteiger partial charge is 0.494 e. The fraction of sp³-hybridized carbons (Fsp3) is 0.438. The van der Waals surface area contributed by atoms with Crippen molar-refractivity contribution < 1.29 is 23.8 Å². The van der Waals surface area contributed by atoms with E-state index in [2.05, 4.69) is 23.2 Å². The third-order valence-corrected chi connectivity index (χ3v) is 8.28. The second kappa shape index (κ2) is 12.8. The molecule has 1 unspecified atom stereocenters. The molecule has 5 heterocycles. The number of rotatable bonds is 3. The predicted molar refractivity (Wildman–Crippen MR) is 154 cm³/mol. The van der Waals surface area contributed by atoms with Crippen molar-refractivity contribution in [2.24, 2.45) is 5.92 Å². The Labute approximate surface area is 244 Å². The van der Waals surface area contributed by atoms with Gasteiger partial charge in [-0.25, -0.2) is 9.78 Å². The first-order chi connectivity index (χ1) is 20.6. The van der Waals surface area contributed by atoms with E-state index in [-0.39, 0.29) is 30.3 Å². The number of hydrogen-bond acceptors (Lipinski definition) is 7. The average Bonchev–Trinajstić information content (AvgIpc) is 3.02. The summed E-state index contributed by atoms with van der Waals surface area (Å²) in [6.45, 7) is 3.34. The van der Waals surface area contributed by atoms with E-state index >= 15 is 0 Å². The van der Waals surface area contributed by atoms with Crippen LogP contribution in [0.3, 0.4) is 0 Å². The highest BCUT2D eigenvalue weighted by molar-refractivity contribution is 5.80. The molecule has 4 aliphatic rings. The van der Waals surface area contributed by atoms with E-state index in [9.17, 15) is 14.4 Å². The predicted octanol–water partition coefficient (Wildman–Crippen LogP) is 2.83. The minimum Gasteiger partial charge on any atom is -0.494 e. The number of amides is 2. The second-order valence-corrected chi connectivity index (χ2v) is 11.0. The van der Waals surface area contributed by atoms with Gasteiger partial charge in [0.25, 0.3) is 0 Å². The maximum Gasteiger partial charge on any atom is 0.347 e. The van der Waals surface area contributed by atoms with Crippen molar-refractivity contribution >= 4 is 11.8 Å². The lowest BCUT2D eigenvalue weighted by atomic mass is 9.86. The molecule has 0 spiro atoms. The van der Waals surface area contributed by atoms with E-state index in [0.29, 0.717) is 52.5 Å². The highest BCUT2D eigenvalue weighted by atomic mass is 16.5. The van der Waals surface area contributed by atoms with Gasteiger partial charge in [0.05, 0.1) is 19.2 Å². The van der Waals surface area contributed by atoms with E-state index in [0.717, 1.165) is 47.5 Å². The number of benzene rings is 2. The van der Waals surface area contributed by atoms with Crippen LogP contribution in [0.25, 0.3) is 0 Å². The quantitative estimate of drug-likeness (QED) is 0.476. The fourth-order valence-electron chi connectivity index (χ4n) is 6.08. The van der Waals surface area contributed by atoms with Crippen molar-refractivity contribution in [2.45, 2.75) is 38.3 Å². The molecule has 4 aliphatic heterocycles. The van der Waals surface area contributed by atoms with Gasteiger partial charge in [0, 0.05) is 44.6 Å². The van der Waals surface area contributed by atoms with Crippen molar-refractivity contribution in [2.75, 3.05) is 46.1 Å². The van der Waals surface area contributed by atoms with Crippen molar-refractivity contribution in [3.63, 3.8) is 0 Å². The first-order valence-corrected chi connectivity index (χ1v) is 14.7. The van der Waals surface area contributed by atoms with Crippen LogP contribution in [0.4, 0.5) is 0 Å². The number of fused-ring (bicyclic) bond motifs is 8. The Morgan fingerprint density at radius 3 is 2.60 bits per heavy atom. The molecule has 6 bridgehead atoms. The number of ether oxygens (including phenoxy) is 3. The molecule has 3 aromatic rings. The van der Waals surface area contributed by atoms with Gasteiger partial charge in [-0.3, -0.25) is 14.2 Å². The Balaban J connectivity index is 1.27. The van der Waals surface area contributed by atoms with E-state index in [1.807, 2.05) is 29.2 Å². The van der Waals surface area contributed by atoms with Gasteiger partial charge in [-0.2, -0.15) is 0 Å². The summed E-state index contributed by atoms with van der Waals surface area (Å²) < 4.78 is 19.1. The third kappa shape index (κ3) is 6.18. The van der Waals surface area contributed by atoms with Crippen molar-refractivity contribution in [1.29, 1.82) is 0 Å². The fourth-order valence-corrected chi connectivity index (χ4v) is 6.08. The molecule has 7 rings (SSSR count). The smallest absolute Gasteiger partial charge is 0.347 e. The Kier molecular flexibility index (Phi) is 8.50. The van der Waals surface area contributed by atoms with Gasteiger partial charge in [-0.05, 0) is 72.7 Å². The first-order valence-electron chi connectivity index (χ1n) is 14.7. The van der Waals surface area contributed by atoms with Gasteiger partial charge < -0.3 is 24.0 Å². The Morgan fingerprint density at radius 2 is 1.74 bits per heavy atom. The van der Waals surface area contributed by atoms with Gasteiger partial charge >= 0.3 is 5.69 Å². The Hall–Kier alpha value is -4.18. The van der Waals surface area contributed by atoms with Crippen LogP contribution in [0.2, 0.25) is 0 Å². The van der Waals surface area contributed by atoms with Crippen LogP contribution < -0.4 is 15.2 Å². The molecule has 1 atom stereocenters. The van der Waals surface area contributed by atoms with Crippen LogP contribution in [-0.2, 0) is 27.3 Å². The summed E-state index contributed by atoms with van der Waals surface area (Å²) in [6.07, 6.45) is 5.83. The highest BCUT2D eigenvalue weighted by Gasteiger charge is 2.36. The molecule has 2 amide bonds. The molecule has 2 aromatic carbocycles. The molecule has 0 saturated carbocycles. The van der Waals surface area contributed by atoms with Crippen molar-refractivity contribution in [1.82, 2.24) is 19.4 Å². The van der Waals surface area contributed by atoms with Crippen LogP contribution >= 0.6 is 0 Å². The average molecular weight is 573 g/mol. The molecule has 0 aliphatic carbocycles. The Bertz CT molecular complexity index is 1480. The molecular formula is C32H36N4O6. The molecule has 220 valence electrons. The zero-order valence-electron chi connectivity index (χ0n) is 23.7. The number of nitrogens with zero attached hydrogens (tertiary/aromatic N) is 4. The molecule has 10 nitrogen and oxygen atoms in total. The van der Waals surface area contributed by atoms with Crippen molar-refractivity contribution in [3.05, 3.63) is 88.1 Å². The topological polar surface area (TPSA) is 103 Å². The van der Waals surface area contributed by atoms with E-state index in [1.54, 1.807) is 17.2 Å². The maximum atomic E-state index is 13.8. The van der Waals surface area contributed by atoms with Gasteiger partial charge in [0.15, 0.2) is 0 Å². The minimum absolute atomic E-state index is 0.0230. The number of carbonyl (C=O) groups is 2. The van der Waals surface area contributed by atoms with Crippen LogP contribution in [0.15, 0.2) is 65.7 Å².